The number of fused-ring (bicyclic) bond motifs is 1. The number of hydrogen-bond donors (Lipinski definition) is 4. The number of aliphatic hydroxyl groups excluding tert-OH is 2. The SMILES string of the molecule is C[S+](CCC(N)C(=O)[O-])CC1OC(n2c(N=[N+]=[N-])nc3c(N)ncnc32)C(O)C1O. The zero-order chi connectivity index (χ0) is 22.0. The molecular formula is C15H21N9O5S. The van der Waals surface area contributed by atoms with Crippen molar-refractivity contribution in [3.63, 3.8) is 0 Å². The molecule has 3 rings (SSSR count). The number of nitrogens with zero attached hydrogens (tertiary/aromatic N) is 7. The molecule has 0 aliphatic carbocycles. The van der Waals surface area contributed by atoms with Crippen molar-refractivity contribution in [3.8, 4) is 0 Å². The number of hydrogen-bond acceptors (Lipinski definition) is 11. The number of nitrogens with two attached hydrogens (primary N) is 2. The number of carbonyl (C=O) groups is 1. The summed E-state index contributed by atoms with van der Waals surface area (Å²) in [7, 11) is -0.354. The molecule has 162 valence electrons. The Labute approximate surface area is 172 Å². The summed E-state index contributed by atoms with van der Waals surface area (Å²) >= 11 is 0. The molecule has 1 aliphatic heterocycles. The number of ether oxygens (including phenoxy) is 1. The molecule has 6 unspecified atom stereocenters. The Morgan fingerprint density at radius 1 is 1.50 bits per heavy atom. The average molecular weight is 439 g/mol. The minimum Gasteiger partial charge on any atom is -0.548 e. The number of rotatable bonds is 8. The van der Waals surface area contributed by atoms with Gasteiger partial charge in [0.05, 0.1) is 12.2 Å². The lowest BCUT2D eigenvalue weighted by Crippen LogP contribution is -2.43. The molecule has 1 saturated heterocycles. The monoisotopic (exact) mass is 439 g/mol. The maximum Gasteiger partial charge on any atom is 0.201 e. The van der Waals surface area contributed by atoms with Gasteiger partial charge in [-0.1, -0.05) is 0 Å². The van der Waals surface area contributed by atoms with Crippen LogP contribution in [-0.4, -0.2) is 77.8 Å². The summed E-state index contributed by atoms with van der Waals surface area (Å²) in [5.74, 6) is -0.568. The molecule has 0 bridgehead atoms. The van der Waals surface area contributed by atoms with Gasteiger partial charge < -0.3 is 36.3 Å². The van der Waals surface area contributed by atoms with Gasteiger partial charge in [-0.25, -0.2) is 15.0 Å². The number of carboxylic acid groups (broad SMARTS) is 1. The van der Waals surface area contributed by atoms with Crippen molar-refractivity contribution in [3.05, 3.63) is 16.8 Å². The van der Waals surface area contributed by atoms with E-state index in [9.17, 15) is 20.1 Å². The summed E-state index contributed by atoms with van der Waals surface area (Å²) in [5, 5.41) is 35.3. The quantitative estimate of drug-likeness (QED) is 0.148. The van der Waals surface area contributed by atoms with Crippen LogP contribution in [0.3, 0.4) is 0 Å². The fraction of sp³-hybridized carbons (Fsp3) is 0.600. The number of azide groups is 1. The Morgan fingerprint density at radius 3 is 2.90 bits per heavy atom. The van der Waals surface area contributed by atoms with E-state index >= 15 is 0 Å². The number of aromatic nitrogens is 4. The molecule has 3 heterocycles. The molecule has 15 heteroatoms. The second-order valence-corrected chi connectivity index (χ2v) is 9.12. The Kier molecular flexibility index (Phi) is 6.60. The van der Waals surface area contributed by atoms with E-state index in [4.69, 9.17) is 21.7 Å². The predicted molar refractivity (Wildman–Crippen MR) is 105 cm³/mol. The number of aliphatic carboxylic acids is 1. The third-order valence-corrected chi connectivity index (χ3v) is 6.57. The zero-order valence-electron chi connectivity index (χ0n) is 15.9. The number of aliphatic hydroxyl groups is 2. The molecule has 14 nitrogen and oxygen atoms in total. The third-order valence-electron chi connectivity index (χ3n) is 4.74. The first-order valence-electron chi connectivity index (χ1n) is 8.85. The lowest BCUT2D eigenvalue weighted by atomic mass is 10.1. The van der Waals surface area contributed by atoms with Gasteiger partial charge >= 0.3 is 0 Å². The molecule has 30 heavy (non-hydrogen) atoms. The lowest BCUT2D eigenvalue weighted by molar-refractivity contribution is -0.307. The summed E-state index contributed by atoms with van der Waals surface area (Å²) in [5.41, 5.74) is 20.5. The molecule has 6 atom stereocenters. The molecule has 1 fully saturated rings. The van der Waals surface area contributed by atoms with Crippen LogP contribution in [0.25, 0.3) is 21.6 Å². The average Bonchev–Trinajstić information content (AvgIpc) is 3.19. The van der Waals surface area contributed by atoms with E-state index in [2.05, 4.69) is 25.0 Å². The van der Waals surface area contributed by atoms with Gasteiger partial charge in [-0.2, -0.15) is 0 Å². The smallest absolute Gasteiger partial charge is 0.201 e. The van der Waals surface area contributed by atoms with E-state index in [1.165, 1.54) is 10.9 Å². The molecule has 0 aromatic carbocycles. The first-order chi connectivity index (χ1) is 14.2. The van der Waals surface area contributed by atoms with Crippen molar-refractivity contribution in [1.82, 2.24) is 19.5 Å². The van der Waals surface area contributed by atoms with Gasteiger partial charge in [0, 0.05) is 17.4 Å². The third kappa shape index (κ3) is 4.26. The summed E-state index contributed by atoms with van der Waals surface area (Å²) in [6.07, 6.45) is -1.20. The van der Waals surface area contributed by atoms with Gasteiger partial charge in [-0.3, -0.25) is 4.57 Å². The normalized spacial score (nSPS) is 25.7. The Bertz CT molecular complexity index is 981. The summed E-state index contributed by atoms with van der Waals surface area (Å²) in [4.78, 5) is 25.5. The Hall–Kier alpha value is -2.68. The van der Waals surface area contributed by atoms with Gasteiger partial charge in [0.1, 0.15) is 36.1 Å². The highest BCUT2D eigenvalue weighted by molar-refractivity contribution is 7.96. The van der Waals surface area contributed by atoms with Crippen LogP contribution in [0.2, 0.25) is 0 Å². The summed E-state index contributed by atoms with van der Waals surface area (Å²) < 4.78 is 7.14. The van der Waals surface area contributed by atoms with Gasteiger partial charge in [0.2, 0.25) is 5.95 Å². The zero-order valence-corrected chi connectivity index (χ0v) is 16.7. The highest BCUT2D eigenvalue weighted by Gasteiger charge is 2.47. The highest BCUT2D eigenvalue weighted by atomic mass is 32.2. The van der Waals surface area contributed by atoms with Crippen molar-refractivity contribution in [2.45, 2.75) is 37.0 Å². The van der Waals surface area contributed by atoms with Crippen LogP contribution in [-0.2, 0) is 20.4 Å². The first-order valence-corrected chi connectivity index (χ1v) is 10.8. The maximum absolute atomic E-state index is 10.7. The van der Waals surface area contributed by atoms with Gasteiger partial charge in [0.15, 0.2) is 23.2 Å². The highest BCUT2D eigenvalue weighted by Crippen LogP contribution is 2.36. The minimum atomic E-state index is -1.36. The van der Waals surface area contributed by atoms with E-state index < -0.39 is 36.6 Å². The lowest BCUT2D eigenvalue weighted by Gasteiger charge is -2.18. The van der Waals surface area contributed by atoms with Gasteiger partial charge in [0.25, 0.3) is 0 Å². The van der Waals surface area contributed by atoms with Crippen molar-refractivity contribution >= 4 is 39.8 Å². The first kappa shape index (κ1) is 22.0. The van der Waals surface area contributed by atoms with Crippen LogP contribution < -0.4 is 16.6 Å². The minimum absolute atomic E-state index is 0.0529. The number of anilines is 1. The molecule has 1 aliphatic rings. The molecule has 2 aromatic heterocycles. The van der Waals surface area contributed by atoms with Gasteiger partial charge in [-0.05, 0) is 21.5 Å². The second kappa shape index (κ2) is 8.99. The van der Waals surface area contributed by atoms with E-state index in [1.54, 1.807) is 0 Å². The molecule has 6 N–H and O–H groups in total. The van der Waals surface area contributed by atoms with Crippen molar-refractivity contribution in [1.29, 1.82) is 0 Å². The van der Waals surface area contributed by atoms with Crippen LogP contribution in [0.4, 0.5) is 11.8 Å². The van der Waals surface area contributed by atoms with Crippen LogP contribution in [0.15, 0.2) is 11.4 Å². The Balaban J connectivity index is 1.82. The molecule has 0 radical (unpaired) electrons. The van der Waals surface area contributed by atoms with E-state index in [0.717, 1.165) is 0 Å². The molecule has 2 aromatic rings. The molecular weight excluding hydrogens is 418 g/mol. The number of nitrogen functional groups attached to an aromatic ring is 1. The van der Waals surface area contributed by atoms with Crippen LogP contribution >= 0.6 is 0 Å². The maximum atomic E-state index is 10.7. The van der Waals surface area contributed by atoms with Gasteiger partial charge in [-0.15, -0.1) is 0 Å². The van der Waals surface area contributed by atoms with Crippen molar-refractivity contribution < 1.29 is 24.9 Å². The molecule has 0 spiro atoms. The standard InChI is InChI=1S/C15H21N9O5S/c1-30(3-2-6(16)14(27)28)4-7-9(25)10(26)13(29-7)24-12-8(11(17)19-5-20-12)21-15(24)22-23-18/h5-7,9-10,13,25-26H,2-4,16H2,1H3,(H2-,17,19,20,27,28). The second-order valence-electron chi connectivity index (χ2n) is 6.82. The number of carbonyl (C=O) groups excluding carboxylic acids is 1. The van der Waals surface area contributed by atoms with E-state index in [0.29, 0.717) is 11.5 Å². The fourth-order valence-corrected chi connectivity index (χ4v) is 4.81. The van der Waals surface area contributed by atoms with E-state index in [1.807, 2.05) is 6.26 Å². The van der Waals surface area contributed by atoms with Crippen LogP contribution in [0.5, 0.6) is 0 Å². The van der Waals surface area contributed by atoms with E-state index in [-0.39, 0.29) is 40.2 Å². The van der Waals surface area contributed by atoms with Crippen LogP contribution in [0, 0.1) is 0 Å². The van der Waals surface area contributed by atoms with Crippen molar-refractivity contribution in [2.24, 2.45) is 10.8 Å². The molecule has 0 saturated carbocycles. The predicted octanol–water partition coefficient (Wildman–Crippen LogP) is -2.32. The molecule has 0 amide bonds. The Morgan fingerprint density at radius 2 is 2.23 bits per heavy atom. The van der Waals surface area contributed by atoms with Crippen LogP contribution in [0.1, 0.15) is 12.6 Å². The largest absolute Gasteiger partial charge is 0.548 e. The number of imidazole rings is 1. The summed E-state index contributed by atoms with van der Waals surface area (Å²) in [6, 6.07) is -1.07. The topological polar surface area (TPSA) is 234 Å². The fourth-order valence-electron chi connectivity index (χ4n) is 3.15. The summed E-state index contributed by atoms with van der Waals surface area (Å²) in [6.45, 7) is 0. The van der Waals surface area contributed by atoms with Crippen molar-refractivity contribution in [2.75, 3.05) is 23.5 Å². The number of carboxylic acids is 1.